The van der Waals surface area contributed by atoms with Crippen LogP contribution in [0.4, 0.5) is 4.79 Å². The Bertz CT molecular complexity index is 475. The molecule has 1 aromatic rings. The van der Waals surface area contributed by atoms with Crippen LogP contribution >= 0.6 is 0 Å². The molecule has 0 saturated carbocycles. The zero-order valence-corrected chi connectivity index (χ0v) is 10.5. The van der Waals surface area contributed by atoms with E-state index in [-0.39, 0.29) is 5.91 Å². The van der Waals surface area contributed by atoms with Crippen LogP contribution in [0.1, 0.15) is 22.3 Å². The molecule has 0 aliphatic carbocycles. The summed E-state index contributed by atoms with van der Waals surface area (Å²) in [5, 5.41) is 11.9. The smallest absolute Gasteiger partial charge is 0.253 e. The normalized spacial score (nSPS) is 18.4. The number of hydrogen-bond donors (Lipinski definition) is 2. The molecule has 1 heterocycles. The third-order valence-electron chi connectivity index (χ3n) is 3.12. The van der Waals surface area contributed by atoms with Crippen molar-refractivity contribution < 1.29 is 14.7 Å². The van der Waals surface area contributed by atoms with Crippen molar-refractivity contribution in [3.8, 4) is 0 Å². The van der Waals surface area contributed by atoms with E-state index in [0.717, 1.165) is 5.56 Å². The highest BCUT2D eigenvalue weighted by Gasteiger charge is 2.25. The van der Waals surface area contributed by atoms with Gasteiger partial charge < -0.3 is 15.3 Å². The van der Waals surface area contributed by atoms with Crippen LogP contribution in [0.3, 0.4) is 0 Å². The van der Waals surface area contributed by atoms with Gasteiger partial charge in [-0.2, -0.15) is 0 Å². The van der Waals surface area contributed by atoms with Crippen molar-refractivity contribution in [2.75, 3.05) is 13.1 Å². The van der Waals surface area contributed by atoms with E-state index in [2.05, 4.69) is 5.32 Å². The summed E-state index contributed by atoms with van der Waals surface area (Å²) in [5.41, 5.74) is 1.45. The maximum atomic E-state index is 12.1. The third-order valence-corrected chi connectivity index (χ3v) is 3.12. The Morgan fingerprint density at radius 3 is 2.58 bits per heavy atom. The molecule has 0 bridgehead atoms. The first-order chi connectivity index (χ1) is 9.06. The summed E-state index contributed by atoms with van der Waals surface area (Å²) in [6.07, 6.45) is 0.217. The zero-order chi connectivity index (χ0) is 13.8. The molecule has 19 heavy (non-hydrogen) atoms. The van der Waals surface area contributed by atoms with Crippen LogP contribution < -0.4 is 5.32 Å². The number of hydrogen-bond acceptors (Lipinski definition) is 3. The summed E-state index contributed by atoms with van der Waals surface area (Å²) < 4.78 is 0. The summed E-state index contributed by atoms with van der Waals surface area (Å²) >= 11 is 0. The number of nitrogens with one attached hydrogen (secondary N) is 1. The van der Waals surface area contributed by atoms with E-state index in [4.69, 9.17) is 7.85 Å². The average molecular weight is 258 g/mol. The molecule has 2 N–H and O–H groups in total. The Balaban J connectivity index is 1.97. The molecular weight excluding hydrogens is 243 g/mol. The Kier molecular flexibility index (Phi) is 4.22. The van der Waals surface area contributed by atoms with E-state index in [0.29, 0.717) is 31.6 Å². The lowest BCUT2D eigenvalue weighted by atomic mass is 10.1. The van der Waals surface area contributed by atoms with Gasteiger partial charge in [-0.1, -0.05) is 12.1 Å². The third kappa shape index (κ3) is 3.57. The molecular formula is C13H15BN2O3. The molecule has 0 unspecified atom stereocenters. The van der Waals surface area contributed by atoms with Crippen molar-refractivity contribution >= 4 is 19.6 Å². The van der Waals surface area contributed by atoms with Crippen molar-refractivity contribution in [2.24, 2.45) is 0 Å². The predicted molar refractivity (Wildman–Crippen MR) is 71.0 cm³/mol. The van der Waals surface area contributed by atoms with E-state index in [9.17, 15) is 14.7 Å². The van der Waals surface area contributed by atoms with Crippen LogP contribution in [0, 0.1) is 0 Å². The molecule has 2 rings (SSSR count). The molecule has 5 nitrogen and oxygen atoms in total. The van der Waals surface area contributed by atoms with Gasteiger partial charge in [0.15, 0.2) is 5.81 Å². The topological polar surface area (TPSA) is 69.6 Å². The SMILES string of the molecule is [B]C(=O)NCc1ccc(C(=O)N2CC[C@H](O)C2)cc1. The number of rotatable bonds is 3. The minimum atomic E-state index is -0.578. The molecule has 2 radical (unpaired) electrons. The second-order valence-electron chi connectivity index (χ2n) is 4.61. The van der Waals surface area contributed by atoms with Crippen molar-refractivity contribution in [1.29, 1.82) is 0 Å². The van der Waals surface area contributed by atoms with Crippen molar-refractivity contribution in [1.82, 2.24) is 10.2 Å². The largest absolute Gasteiger partial charge is 0.391 e. The molecule has 98 valence electrons. The van der Waals surface area contributed by atoms with E-state index < -0.39 is 11.9 Å². The van der Waals surface area contributed by atoms with Gasteiger partial charge in [-0.25, -0.2) is 0 Å². The molecule has 1 aliphatic rings. The van der Waals surface area contributed by atoms with Crippen LogP contribution in [-0.2, 0) is 6.54 Å². The highest BCUT2D eigenvalue weighted by atomic mass is 16.3. The monoisotopic (exact) mass is 258 g/mol. The maximum Gasteiger partial charge on any atom is 0.253 e. The van der Waals surface area contributed by atoms with Crippen LogP contribution in [-0.4, -0.2) is 48.8 Å². The highest BCUT2D eigenvalue weighted by molar-refractivity contribution is 6.57. The quantitative estimate of drug-likeness (QED) is 0.764. The summed E-state index contributed by atoms with van der Waals surface area (Å²) in [7, 11) is 4.98. The summed E-state index contributed by atoms with van der Waals surface area (Å²) in [5.74, 6) is -0.655. The Morgan fingerprint density at radius 2 is 2.05 bits per heavy atom. The van der Waals surface area contributed by atoms with Gasteiger partial charge in [-0.05, 0) is 24.1 Å². The van der Waals surface area contributed by atoms with Crippen LogP contribution in [0.5, 0.6) is 0 Å². The minimum Gasteiger partial charge on any atom is -0.391 e. The van der Waals surface area contributed by atoms with Gasteiger partial charge in [0.25, 0.3) is 5.91 Å². The van der Waals surface area contributed by atoms with Crippen LogP contribution in [0.25, 0.3) is 0 Å². The van der Waals surface area contributed by atoms with Gasteiger partial charge >= 0.3 is 0 Å². The first-order valence-electron chi connectivity index (χ1n) is 6.16. The molecule has 6 heteroatoms. The van der Waals surface area contributed by atoms with Gasteiger partial charge in [0, 0.05) is 25.2 Å². The van der Waals surface area contributed by atoms with E-state index in [1.54, 1.807) is 29.2 Å². The van der Waals surface area contributed by atoms with E-state index in [1.165, 1.54) is 0 Å². The molecule has 0 aromatic heterocycles. The first kappa shape index (κ1) is 13.6. The number of benzene rings is 1. The van der Waals surface area contributed by atoms with Crippen LogP contribution in [0.15, 0.2) is 24.3 Å². The Morgan fingerprint density at radius 1 is 1.37 bits per heavy atom. The van der Waals surface area contributed by atoms with Crippen molar-refractivity contribution in [2.45, 2.75) is 19.1 Å². The second kappa shape index (κ2) is 5.88. The maximum absolute atomic E-state index is 12.1. The molecule has 1 fully saturated rings. The molecule has 2 amide bonds. The molecule has 0 spiro atoms. The van der Waals surface area contributed by atoms with Crippen LogP contribution in [0.2, 0.25) is 0 Å². The van der Waals surface area contributed by atoms with Gasteiger partial charge in [0.2, 0.25) is 7.85 Å². The number of carbonyl (C=O) groups is 2. The predicted octanol–water partition coefficient (Wildman–Crippen LogP) is 0.271. The van der Waals surface area contributed by atoms with E-state index in [1.807, 2.05) is 0 Å². The fourth-order valence-corrected chi connectivity index (χ4v) is 2.06. The van der Waals surface area contributed by atoms with Gasteiger partial charge in [-0.3, -0.25) is 9.59 Å². The molecule has 1 aliphatic heterocycles. The number of β-amino-alcohol motifs (C(OH)–C–C–N with tert-alkyl or cyclic N) is 1. The Hall–Kier alpha value is -1.82. The number of nitrogens with zero attached hydrogens (tertiary/aromatic N) is 1. The fourth-order valence-electron chi connectivity index (χ4n) is 2.06. The molecule has 1 aromatic carbocycles. The second-order valence-corrected chi connectivity index (χ2v) is 4.61. The molecule has 1 saturated heterocycles. The number of aliphatic hydroxyl groups excluding tert-OH is 1. The average Bonchev–Trinajstić information content (AvgIpc) is 2.83. The summed E-state index contributed by atoms with van der Waals surface area (Å²) in [6, 6.07) is 6.97. The summed E-state index contributed by atoms with van der Waals surface area (Å²) in [4.78, 5) is 24.3. The fraction of sp³-hybridized carbons (Fsp3) is 0.385. The van der Waals surface area contributed by atoms with Crippen molar-refractivity contribution in [3.63, 3.8) is 0 Å². The van der Waals surface area contributed by atoms with Crippen molar-refractivity contribution in [3.05, 3.63) is 35.4 Å². The number of amides is 2. The highest BCUT2D eigenvalue weighted by Crippen LogP contribution is 2.14. The minimum absolute atomic E-state index is 0.0778. The lowest BCUT2D eigenvalue weighted by Gasteiger charge is -2.15. The van der Waals surface area contributed by atoms with Gasteiger partial charge in [-0.15, -0.1) is 0 Å². The first-order valence-corrected chi connectivity index (χ1v) is 6.16. The summed E-state index contributed by atoms with van der Waals surface area (Å²) in [6.45, 7) is 1.32. The number of likely N-dealkylation sites (tertiary alicyclic amines) is 1. The lowest BCUT2D eigenvalue weighted by molar-refractivity contribution is 0.0765. The Labute approximate surface area is 113 Å². The zero-order valence-electron chi connectivity index (χ0n) is 10.5. The number of aliphatic hydroxyl groups is 1. The number of carbonyl (C=O) groups excluding carboxylic acids is 2. The molecule has 1 atom stereocenters. The van der Waals surface area contributed by atoms with Gasteiger partial charge in [0.1, 0.15) is 0 Å². The lowest BCUT2D eigenvalue weighted by Crippen LogP contribution is -2.29. The van der Waals surface area contributed by atoms with Gasteiger partial charge in [0.05, 0.1) is 6.10 Å². The van der Waals surface area contributed by atoms with E-state index >= 15 is 0 Å². The standard InChI is InChI=1S/C13H15BN2O3/c14-13(19)15-7-9-1-3-10(4-2-9)12(18)16-6-5-11(17)8-16/h1-4,11,17H,5-8H2,(H,15,19)/t11-/m0/s1.